The molecule has 2 aliphatic heterocycles. The van der Waals surface area contributed by atoms with Gasteiger partial charge in [0.25, 0.3) is 0 Å². The van der Waals surface area contributed by atoms with Gasteiger partial charge < -0.3 is 14.6 Å². The van der Waals surface area contributed by atoms with Gasteiger partial charge in [0.05, 0.1) is 19.4 Å². The number of benzene rings is 1. The van der Waals surface area contributed by atoms with Crippen molar-refractivity contribution < 1.29 is 24.2 Å². The number of ether oxygens (including phenoxy) is 2. The molecule has 2 bridgehead atoms. The third-order valence-corrected chi connectivity index (χ3v) is 4.91. The predicted octanol–water partition coefficient (Wildman–Crippen LogP) is 1.19. The van der Waals surface area contributed by atoms with E-state index in [4.69, 9.17) is 9.47 Å². The normalized spacial score (nSPS) is 30.0. The topological polar surface area (TPSA) is 76.1 Å². The Hall–Kier alpha value is -1.92. The Morgan fingerprint density at radius 2 is 2.00 bits per heavy atom. The van der Waals surface area contributed by atoms with Crippen LogP contribution in [0.25, 0.3) is 0 Å². The molecule has 2 fully saturated rings. The van der Waals surface area contributed by atoms with E-state index in [1.54, 1.807) is 24.3 Å². The number of rotatable bonds is 4. The maximum Gasteiger partial charge on any atom is 0.338 e. The van der Waals surface area contributed by atoms with Gasteiger partial charge in [0.15, 0.2) is 0 Å². The van der Waals surface area contributed by atoms with Gasteiger partial charge in [-0.2, -0.15) is 0 Å². The largest absolute Gasteiger partial charge is 0.469 e. The van der Waals surface area contributed by atoms with Crippen molar-refractivity contribution in [2.45, 2.75) is 37.5 Å². The summed E-state index contributed by atoms with van der Waals surface area (Å²) >= 11 is 0. The Labute approximate surface area is 135 Å². The summed E-state index contributed by atoms with van der Waals surface area (Å²) in [5, 5.41) is 9.56. The van der Waals surface area contributed by atoms with Crippen molar-refractivity contribution in [3.8, 4) is 0 Å². The van der Waals surface area contributed by atoms with Gasteiger partial charge in [-0.25, -0.2) is 4.79 Å². The van der Waals surface area contributed by atoms with E-state index < -0.39 is 18.0 Å². The molecular formula is C17H21NO5. The fraction of sp³-hybridized carbons (Fsp3) is 0.529. The molecule has 0 radical (unpaired) electrons. The molecule has 1 aromatic carbocycles. The highest BCUT2D eigenvalue weighted by atomic mass is 16.6. The highest BCUT2D eigenvalue weighted by molar-refractivity contribution is 5.89. The average molecular weight is 319 g/mol. The molecule has 0 aliphatic carbocycles. The number of hydrogen-bond acceptors (Lipinski definition) is 6. The van der Waals surface area contributed by atoms with E-state index in [1.807, 2.05) is 11.0 Å². The van der Waals surface area contributed by atoms with E-state index in [2.05, 4.69) is 0 Å². The van der Waals surface area contributed by atoms with Crippen molar-refractivity contribution in [2.75, 3.05) is 13.8 Å². The van der Waals surface area contributed by atoms with E-state index >= 15 is 0 Å². The minimum absolute atomic E-state index is 0.0951. The maximum atomic E-state index is 12.3. The van der Waals surface area contributed by atoms with Crippen LogP contribution in [-0.2, 0) is 14.3 Å². The molecule has 1 aromatic rings. The fourth-order valence-electron chi connectivity index (χ4n) is 3.83. The zero-order valence-electron chi connectivity index (χ0n) is 13.1. The SMILES string of the molecule is COC(=O)C1C(OC(=O)c2ccccc2)CC2CCC1N2CO. The first kappa shape index (κ1) is 16.0. The lowest BCUT2D eigenvalue weighted by atomic mass is 9.87. The number of esters is 2. The van der Waals surface area contributed by atoms with Crippen molar-refractivity contribution in [1.82, 2.24) is 4.90 Å². The van der Waals surface area contributed by atoms with E-state index in [0.29, 0.717) is 12.0 Å². The van der Waals surface area contributed by atoms with Crippen molar-refractivity contribution >= 4 is 11.9 Å². The summed E-state index contributed by atoms with van der Waals surface area (Å²) in [5.74, 6) is -1.38. The number of carbonyl (C=O) groups excluding carboxylic acids is 2. The first-order valence-electron chi connectivity index (χ1n) is 7.86. The minimum Gasteiger partial charge on any atom is -0.469 e. The molecule has 0 spiro atoms. The third kappa shape index (κ3) is 2.96. The summed E-state index contributed by atoms with van der Waals surface area (Å²) in [5.41, 5.74) is 0.466. The summed E-state index contributed by atoms with van der Waals surface area (Å²) in [6, 6.07) is 8.74. The van der Waals surface area contributed by atoms with Crippen LogP contribution in [0.4, 0.5) is 0 Å². The molecule has 2 heterocycles. The van der Waals surface area contributed by atoms with E-state index in [0.717, 1.165) is 12.8 Å². The molecule has 4 atom stereocenters. The molecule has 3 rings (SSSR count). The highest BCUT2D eigenvalue weighted by Gasteiger charge is 2.52. The van der Waals surface area contributed by atoms with E-state index in [9.17, 15) is 14.7 Å². The number of piperidine rings is 1. The molecule has 6 heteroatoms. The van der Waals surface area contributed by atoms with Gasteiger partial charge in [0, 0.05) is 18.5 Å². The number of methoxy groups -OCH3 is 1. The van der Waals surface area contributed by atoms with Crippen molar-refractivity contribution in [1.29, 1.82) is 0 Å². The Morgan fingerprint density at radius 1 is 1.26 bits per heavy atom. The standard InChI is InChI=1S/C17H21NO5/c1-22-17(21)15-13-8-7-12(18(13)10-19)9-14(15)23-16(20)11-5-3-2-4-6-11/h2-6,12-15,19H,7-10H2,1H3. The van der Waals surface area contributed by atoms with Crippen LogP contribution in [0.3, 0.4) is 0 Å². The predicted molar refractivity (Wildman–Crippen MR) is 81.5 cm³/mol. The fourth-order valence-corrected chi connectivity index (χ4v) is 3.83. The average Bonchev–Trinajstić information content (AvgIpc) is 2.88. The summed E-state index contributed by atoms with van der Waals surface area (Å²) in [4.78, 5) is 26.5. The number of aliphatic hydroxyl groups excluding tert-OH is 1. The maximum absolute atomic E-state index is 12.3. The van der Waals surface area contributed by atoms with Gasteiger partial charge in [0.2, 0.25) is 0 Å². The van der Waals surface area contributed by atoms with Crippen LogP contribution in [0.15, 0.2) is 30.3 Å². The Balaban J connectivity index is 1.80. The molecule has 2 aliphatic rings. The van der Waals surface area contributed by atoms with E-state index in [1.165, 1.54) is 7.11 Å². The number of nitrogens with zero attached hydrogens (tertiary/aromatic N) is 1. The van der Waals surface area contributed by atoms with Crippen LogP contribution in [0.1, 0.15) is 29.6 Å². The first-order chi connectivity index (χ1) is 11.2. The van der Waals surface area contributed by atoms with Crippen LogP contribution < -0.4 is 0 Å². The zero-order valence-corrected chi connectivity index (χ0v) is 13.1. The second kappa shape index (κ2) is 6.68. The summed E-state index contributed by atoms with van der Waals surface area (Å²) in [6.45, 7) is -0.0951. The Morgan fingerprint density at radius 3 is 2.65 bits per heavy atom. The van der Waals surface area contributed by atoms with Crippen LogP contribution in [0.5, 0.6) is 0 Å². The smallest absolute Gasteiger partial charge is 0.338 e. The first-order valence-corrected chi connectivity index (χ1v) is 7.86. The molecule has 0 amide bonds. The molecule has 6 nitrogen and oxygen atoms in total. The van der Waals surface area contributed by atoms with Crippen LogP contribution in [0, 0.1) is 5.92 Å². The van der Waals surface area contributed by atoms with Crippen LogP contribution >= 0.6 is 0 Å². The lowest BCUT2D eigenvalue weighted by molar-refractivity contribution is -0.158. The Bertz CT molecular complexity index is 576. The quantitative estimate of drug-likeness (QED) is 0.840. The molecule has 23 heavy (non-hydrogen) atoms. The summed E-state index contributed by atoms with van der Waals surface area (Å²) in [7, 11) is 1.34. The molecular weight excluding hydrogens is 298 g/mol. The highest BCUT2D eigenvalue weighted by Crippen LogP contribution is 2.41. The molecule has 0 aromatic heterocycles. The number of hydrogen-bond donors (Lipinski definition) is 1. The van der Waals surface area contributed by atoms with Gasteiger partial charge in [-0.15, -0.1) is 0 Å². The third-order valence-electron chi connectivity index (χ3n) is 4.91. The van der Waals surface area contributed by atoms with E-state index in [-0.39, 0.29) is 24.8 Å². The molecule has 0 saturated carbocycles. The summed E-state index contributed by atoms with van der Waals surface area (Å²) in [6.07, 6.45) is 1.70. The lowest BCUT2D eigenvalue weighted by Crippen LogP contribution is -2.55. The van der Waals surface area contributed by atoms with Crippen LogP contribution in [0.2, 0.25) is 0 Å². The molecule has 2 saturated heterocycles. The number of carbonyl (C=O) groups is 2. The number of aliphatic hydroxyl groups is 1. The van der Waals surface area contributed by atoms with Crippen molar-refractivity contribution in [2.24, 2.45) is 5.92 Å². The molecule has 4 unspecified atom stereocenters. The molecule has 124 valence electrons. The van der Waals surface area contributed by atoms with Gasteiger partial charge in [-0.1, -0.05) is 18.2 Å². The second-order valence-corrected chi connectivity index (χ2v) is 6.05. The van der Waals surface area contributed by atoms with Crippen LogP contribution in [-0.4, -0.2) is 54.0 Å². The van der Waals surface area contributed by atoms with Gasteiger partial charge in [0.1, 0.15) is 12.0 Å². The van der Waals surface area contributed by atoms with Gasteiger partial charge >= 0.3 is 11.9 Å². The van der Waals surface area contributed by atoms with Crippen molar-refractivity contribution in [3.63, 3.8) is 0 Å². The summed E-state index contributed by atoms with van der Waals surface area (Å²) < 4.78 is 10.6. The second-order valence-electron chi connectivity index (χ2n) is 6.05. The van der Waals surface area contributed by atoms with Gasteiger partial charge in [-0.05, 0) is 25.0 Å². The zero-order chi connectivity index (χ0) is 16.4. The minimum atomic E-state index is -0.557. The monoisotopic (exact) mass is 319 g/mol. The lowest BCUT2D eigenvalue weighted by Gasteiger charge is -2.41. The Kier molecular flexibility index (Phi) is 4.63. The van der Waals surface area contributed by atoms with Crippen molar-refractivity contribution in [3.05, 3.63) is 35.9 Å². The number of fused-ring (bicyclic) bond motifs is 2. The van der Waals surface area contributed by atoms with Gasteiger partial charge in [-0.3, -0.25) is 9.69 Å². The molecule has 1 N–H and O–H groups in total.